The molecule has 0 bridgehead atoms. The normalized spacial score (nSPS) is 17.9. The van der Waals surface area contributed by atoms with Crippen LogP contribution in [0.1, 0.15) is 30.5 Å². The van der Waals surface area contributed by atoms with Crippen LogP contribution in [0.25, 0.3) is 0 Å². The van der Waals surface area contributed by atoms with E-state index in [0.717, 1.165) is 63.0 Å². The van der Waals surface area contributed by atoms with Gasteiger partial charge in [0.05, 0.1) is 30.3 Å². The Morgan fingerprint density at radius 1 is 1.14 bits per heavy atom. The zero-order valence-corrected chi connectivity index (χ0v) is 17.8. The molecule has 2 fully saturated rings. The standard InChI is InChI=1S/C21H29N5O2S/c1-16-5-6-18(19(13-16)26-7-3-2-4-8-26)23-20(27)24-21-22-17(15-29-21)14-25-9-11-28-12-10-25/h5-6,13,15H,2-4,7-12,14H2,1H3,(H2,22,23,24,27). The van der Waals surface area contributed by atoms with Crippen molar-refractivity contribution in [1.82, 2.24) is 9.88 Å². The van der Waals surface area contributed by atoms with Crippen LogP contribution in [-0.4, -0.2) is 55.3 Å². The molecule has 29 heavy (non-hydrogen) atoms. The van der Waals surface area contributed by atoms with Gasteiger partial charge in [-0.3, -0.25) is 10.2 Å². The van der Waals surface area contributed by atoms with Crippen LogP contribution >= 0.6 is 11.3 Å². The highest BCUT2D eigenvalue weighted by Gasteiger charge is 2.17. The van der Waals surface area contributed by atoms with E-state index in [1.165, 1.54) is 36.2 Å². The lowest BCUT2D eigenvalue weighted by atomic mass is 10.1. The van der Waals surface area contributed by atoms with E-state index in [4.69, 9.17) is 4.74 Å². The molecule has 3 heterocycles. The number of aryl methyl sites for hydroxylation is 1. The molecule has 4 rings (SSSR count). The maximum absolute atomic E-state index is 12.6. The molecular formula is C21H29N5O2S. The van der Waals surface area contributed by atoms with E-state index >= 15 is 0 Å². The van der Waals surface area contributed by atoms with E-state index in [1.807, 2.05) is 17.5 Å². The SMILES string of the molecule is Cc1ccc(NC(=O)Nc2nc(CN3CCOCC3)cs2)c(N2CCCCC2)c1. The van der Waals surface area contributed by atoms with Crippen molar-refractivity contribution in [3.05, 3.63) is 34.8 Å². The zero-order chi connectivity index (χ0) is 20.1. The number of ether oxygens (including phenoxy) is 1. The van der Waals surface area contributed by atoms with Gasteiger partial charge in [0.2, 0.25) is 0 Å². The molecule has 2 aliphatic rings. The van der Waals surface area contributed by atoms with Crippen LogP contribution < -0.4 is 15.5 Å². The molecular weight excluding hydrogens is 386 g/mol. The predicted molar refractivity (Wildman–Crippen MR) is 118 cm³/mol. The van der Waals surface area contributed by atoms with Crippen LogP contribution in [-0.2, 0) is 11.3 Å². The summed E-state index contributed by atoms with van der Waals surface area (Å²) in [5, 5.41) is 8.54. The number of rotatable bonds is 5. The molecule has 0 saturated carbocycles. The second-order valence-electron chi connectivity index (χ2n) is 7.68. The number of hydrogen-bond acceptors (Lipinski definition) is 6. The monoisotopic (exact) mass is 415 g/mol. The number of urea groups is 1. The maximum Gasteiger partial charge on any atom is 0.325 e. The van der Waals surface area contributed by atoms with E-state index in [9.17, 15) is 4.79 Å². The first kappa shape index (κ1) is 20.1. The molecule has 7 nitrogen and oxygen atoms in total. The van der Waals surface area contributed by atoms with Crippen LogP contribution in [0, 0.1) is 6.92 Å². The van der Waals surface area contributed by atoms with Crippen LogP contribution in [0.3, 0.4) is 0 Å². The summed E-state index contributed by atoms with van der Waals surface area (Å²) in [6.45, 7) is 8.35. The van der Waals surface area contributed by atoms with Gasteiger partial charge >= 0.3 is 6.03 Å². The number of carbonyl (C=O) groups is 1. The van der Waals surface area contributed by atoms with Crippen molar-refractivity contribution in [2.45, 2.75) is 32.7 Å². The van der Waals surface area contributed by atoms with Gasteiger partial charge in [0.1, 0.15) is 0 Å². The van der Waals surface area contributed by atoms with E-state index in [-0.39, 0.29) is 6.03 Å². The van der Waals surface area contributed by atoms with Crippen molar-refractivity contribution in [3.8, 4) is 0 Å². The van der Waals surface area contributed by atoms with Crippen molar-refractivity contribution in [2.75, 3.05) is 54.9 Å². The summed E-state index contributed by atoms with van der Waals surface area (Å²) in [6.07, 6.45) is 3.68. The maximum atomic E-state index is 12.6. The average molecular weight is 416 g/mol. The molecule has 8 heteroatoms. The largest absolute Gasteiger partial charge is 0.379 e. The number of nitrogens with zero attached hydrogens (tertiary/aromatic N) is 3. The van der Waals surface area contributed by atoms with Crippen molar-refractivity contribution in [2.24, 2.45) is 0 Å². The summed E-state index contributed by atoms with van der Waals surface area (Å²) in [5.41, 5.74) is 4.13. The Hall–Kier alpha value is -2.16. The summed E-state index contributed by atoms with van der Waals surface area (Å²) in [5.74, 6) is 0. The molecule has 0 atom stereocenters. The summed E-state index contributed by atoms with van der Waals surface area (Å²) in [4.78, 5) is 21.9. The Morgan fingerprint density at radius 3 is 2.72 bits per heavy atom. The molecule has 0 radical (unpaired) electrons. The Balaban J connectivity index is 1.37. The number of morpholine rings is 1. The summed E-state index contributed by atoms with van der Waals surface area (Å²) in [6, 6.07) is 5.93. The van der Waals surface area contributed by atoms with Gasteiger partial charge in [0.15, 0.2) is 5.13 Å². The minimum Gasteiger partial charge on any atom is -0.379 e. The molecule has 0 aliphatic carbocycles. The van der Waals surface area contributed by atoms with Crippen molar-refractivity contribution < 1.29 is 9.53 Å². The Kier molecular flexibility index (Phi) is 6.63. The lowest BCUT2D eigenvalue weighted by molar-refractivity contribution is 0.0337. The number of aromatic nitrogens is 1. The number of benzene rings is 1. The number of carbonyl (C=O) groups excluding carboxylic acids is 1. The number of anilines is 3. The highest BCUT2D eigenvalue weighted by atomic mass is 32.1. The lowest BCUT2D eigenvalue weighted by Crippen LogP contribution is -2.35. The highest BCUT2D eigenvalue weighted by molar-refractivity contribution is 7.13. The fourth-order valence-corrected chi connectivity index (χ4v) is 4.52. The van der Waals surface area contributed by atoms with Crippen LogP contribution in [0.4, 0.5) is 21.3 Å². The number of hydrogen-bond donors (Lipinski definition) is 2. The molecule has 2 N–H and O–H groups in total. The van der Waals surface area contributed by atoms with Gasteiger partial charge in [0, 0.05) is 38.1 Å². The second kappa shape index (κ2) is 9.56. The van der Waals surface area contributed by atoms with E-state index in [2.05, 4.69) is 38.4 Å². The molecule has 2 aliphatic heterocycles. The number of piperidine rings is 1. The topological polar surface area (TPSA) is 69.7 Å². The molecule has 0 unspecified atom stereocenters. The van der Waals surface area contributed by atoms with Gasteiger partial charge < -0.3 is 15.0 Å². The molecule has 2 saturated heterocycles. The van der Waals surface area contributed by atoms with Crippen LogP contribution in [0.5, 0.6) is 0 Å². The second-order valence-corrected chi connectivity index (χ2v) is 8.54. The lowest BCUT2D eigenvalue weighted by Gasteiger charge is -2.30. The van der Waals surface area contributed by atoms with Gasteiger partial charge in [-0.15, -0.1) is 11.3 Å². The third-order valence-corrected chi connectivity index (χ3v) is 6.17. The molecule has 2 aromatic rings. The smallest absolute Gasteiger partial charge is 0.325 e. The van der Waals surface area contributed by atoms with Crippen molar-refractivity contribution >= 4 is 33.9 Å². The van der Waals surface area contributed by atoms with Crippen LogP contribution in [0.2, 0.25) is 0 Å². The molecule has 0 spiro atoms. The zero-order valence-electron chi connectivity index (χ0n) is 16.9. The van der Waals surface area contributed by atoms with Crippen molar-refractivity contribution in [1.29, 1.82) is 0 Å². The first-order chi connectivity index (χ1) is 14.2. The van der Waals surface area contributed by atoms with Crippen LogP contribution in [0.15, 0.2) is 23.6 Å². The molecule has 1 aromatic carbocycles. The molecule has 1 aromatic heterocycles. The van der Waals surface area contributed by atoms with E-state index in [1.54, 1.807) is 0 Å². The third kappa shape index (κ3) is 5.46. The van der Waals surface area contributed by atoms with Gasteiger partial charge in [-0.05, 0) is 43.9 Å². The quantitative estimate of drug-likeness (QED) is 0.775. The first-order valence-electron chi connectivity index (χ1n) is 10.4. The minimum absolute atomic E-state index is 0.251. The summed E-state index contributed by atoms with van der Waals surface area (Å²) >= 11 is 1.46. The fourth-order valence-electron chi connectivity index (χ4n) is 3.82. The summed E-state index contributed by atoms with van der Waals surface area (Å²) < 4.78 is 5.38. The predicted octanol–water partition coefficient (Wildman–Crippen LogP) is 3.92. The van der Waals surface area contributed by atoms with E-state index < -0.39 is 0 Å². The summed E-state index contributed by atoms with van der Waals surface area (Å²) in [7, 11) is 0. The first-order valence-corrected chi connectivity index (χ1v) is 11.2. The van der Waals surface area contributed by atoms with Crippen molar-refractivity contribution in [3.63, 3.8) is 0 Å². The Bertz CT molecular complexity index is 828. The van der Waals surface area contributed by atoms with Gasteiger partial charge in [0.25, 0.3) is 0 Å². The minimum atomic E-state index is -0.251. The fraction of sp³-hybridized carbons (Fsp3) is 0.524. The highest BCUT2D eigenvalue weighted by Crippen LogP contribution is 2.30. The Morgan fingerprint density at radius 2 is 1.93 bits per heavy atom. The molecule has 2 amide bonds. The third-order valence-electron chi connectivity index (χ3n) is 5.36. The van der Waals surface area contributed by atoms with E-state index in [0.29, 0.717) is 5.13 Å². The number of nitrogens with one attached hydrogen (secondary N) is 2. The number of thiazole rings is 1. The van der Waals surface area contributed by atoms with Gasteiger partial charge in [-0.1, -0.05) is 6.07 Å². The average Bonchev–Trinajstić information content (AvgIpc) is 3.17. The molecule has 156 valence electrons. The van der Waals surface area contributed by atoms with Gasteiger partial charge in [-0.25, -0.2) is 9.78 Å². The Labute approximate surface area is 176 Å². The number of amides is 2. The van der Waals surface area contributed by atoms with Gasteiger partial charge in [-0.2, -0.15) is 0 Å².